The van der Waals surface area contributed by atoms with Gasteiger partial charge in [-0.3, -0.25) is 4.79 Å². The Hall–Kier alpha value is -3.67. The van der Waals surface area contributed by atoms with Gasteiger partial charge in [0.2, 0.25) is 5.78 Å². The summed E-state index contributed by atoms with van der Waals surface area (Å²) in [6.45, 7) is 1.96. The van der Waals surface area contributed by atoms with Crippen LogP contribution in [0.15, 0.2) is 54.6 Å². The molecule has 0 aliphatic heterocycles. The van der Waals surface area contributed by atoms with E-state index in [0.717, 1.165) is 16.3 Å². The van der Waals surface area contributed by atoms with E-state index >= 15 is 0 Å². The molecule has 0 radical (unpaired) electrons. The van der Waals surface area contributed by atoms with Crippen molar-refractivity contribution in [3.8, 4) is 5.75 Å². The molecule has 2 aromatic heterocycles. The molecular weight excluding hydrogens is 356 g/mol. The van der Waals surface area contributed by atoms with Gasteiger partial charge in [0, 0.05) is 21.9 Å². The van der Waals surface area contributed by atoms with Crippen LogP contribution in [0.4, 0.5) is 0 Å². The number of nitrogens with zero attached hydrogens (tertiary/aromatic N) is 1. The summed E-state index contributed by atoms with van der Waals surface area (Å²) in [6.07, 6.45) is 0. The van der Waals surface area contributed by atoms with Crippen molar-refractivity contribution in [2.75, 3.05) is 13.7 Å². The number of pyridine rings is 1. The molecule has 6 nitrogen and oxygen atoms in total. The molecule has 0 saturated carbocycles. The number of aromatic nitrogens is 2. The Morgan fingerprint density at radius 3 is 2.50 bits per heavy atom. The lowest BCUT2D eigenvalue weighted by Gasteiger charge is -2.07. The number of carbonyl (C=O) groups excluding carboxylic acids is 2. The van der Waals surface area contributed by atoms with Gasteiger partial charge in [-0.05, 0) is 43.3 Å². The van der Waals surface area contributed by atoms with Crippen LogP contribution in [0.5, 0.6) is 5.75 Å². The van der Waals surface area contributed by atoms with Crippen LogP contribution in [0.1, 0.15) is 33.5 Å². The first kappa shape index (κ1) is 17.7. The molecule has 0 bridgehead atoms. The van der Waals surface area contributed by atoms with Crippen LogP contribution in [0.25, 0.3) is 21.8 Å². The predicted octanol–water partition coefficient (Wildman–Crippen LogP) is 4.13. The van der Waals surface area contributed by atoms with Crippen LogP contribution >= 0.6 is 0 Å². The van der Waals surface area contributed by atoms with E-state index in [1.54, 1.807) is 44.4 Å². The van der Waals surface area contributed by atoms with E-state index in [2.05, 4.69) is 9.97 Å². The summed E-state index contributed by atoms with van der Waals surface area (Å²) in [5, 5.41) is 1.67. The van der Waals surface area contributed by atoms with Crippen LogP contribution < -0.4 is 4.74 Å². The molecule has 0 aliphatic rings. The second-order valence-corrected chi connectivity index (χ2v) is 6.23. The number of benzene rings is 2. The molecule has 140 valence electrons. The fourth-order valence-electron chi connectivity index (χ4n) is 3.20. The summed E-state index contributed by atoms with van der Waals surface area (Å²) < 4.78 is 10.2. The van der Waals surface area contributed by atoms with Crippen molar-refractivity contribution in [2.45, 2.75) is 6.92 Å². The van der Waals surface area contributed by atoms with Crippen molar-refractivity contribution in [3.63, 3.8) is 0 Å². The number of aromatic amines is 1. The van der Waals surface area contributed by atoms with E-state index in [9.17, 15) is 9.59 Å². The van der Waals surface area contributed by atoms with Crippen molar-refractivity contribution >= 4 is 33.6 Å². The Morgan fingerprint density at radius 1 is 1.04 bits per heavy atom. The maximum atomic E-state index is 13.2. The molecule has 0 saturated heterocycles. The predicted molar refractivity (Wildman–Crippen MR) is 106 cm³/mol. The number of hydrogen-bond donors (Lipinski definition) is 1. The molecule has 0 spiro atoms. The van der Waals surface area contributed by atoms with Gasteiger partial charge in [-0.15, -0.1) is 0 Å². The quantitative estimate of drug-likeness (QED) is 0.420. The molecule has 0 aliphatic carbocycles. The summed E-state index contributed by atoms with van der Waals surface area (Å²) in [7, 11) is 1.56. The molecule has 1 N–H and O–H groups in total. The third-order valence-electron chi connectivity index (χ3n) is 4.55. The fourth-order valence-corrected chi connectivity index (χ4v) is 3.20. The molecular formula is C22H18N2O4. The number of H-pyrrole nitrogens is 1. The van der Waals surface area contributed by atoms with Crippen LogP contribution in [0.2, 0.25) is 0 Å². The van der Waals surface area contributed by atoms with Crippen molar-refractivity contribution < 1.29 is 19.1 Å². The molecule has 2 aromatic carbocycles. The van der Waals surface area contributed by atoms with E-state index in [4.69, 9.17) is 9.47 Å². The lowest BCUT2D eigenvalue weighted by Crippen LogP contribution is -2.12. The van der Waals surface area contributed by atoms with E-state index in [1.807, 2.05) is 24.3 Å². The van der Waals surface area contributed by atoms with Crippen LogP contribution in [-0.2, 0) is 4.74 Å². The SMILES string of the molecule is CCOC(=O)c1cc2c([nH]c3ccccc32)c(C(=O)c2ccc(OC)cc2)n1. The normalized spacial score (nSPS) is 10.9. The van der Waals surface area contributed by atoms with Gasteiger partial charge in [0.25, 0.3) is 0 Å². The minimum atomic E-state index is -0.557. The standard InChI is InChI=1S/C22H18N2O4/c1-3-28-22(26)18-12-16-15-6-4-5-7-17(15)23-19(16)20(24-18)21(25)13-8-10-14(27-2)11-9-13/h4-12,23H,3H2,1-2H3. The monoisotopic (exact) mass is 374 g/mol. The summed E-state index contributed by atoms with van der Waals surface area (Å²) in [5.74, 6) is -0.190. The summed E-state index contributed by atoms with van der Waals surface area (Å²) in [5.41, 5.74) is 2.20. The third-order valence-corrected chi connectivity index (χ3v) is 4.55. The molecule has 28 heavy (non-hydrogen) atoms. The van der Waals surface area contributed by atoms with Crippen LogP contribution in [-0.4, -0.2) is 35.4 Å². The average molecular weight is 374 g/mol. The smallest absolute Gasteiger partial charge is 0.356 e. The van der Waals surface area contributed by atoms with Crippen molar-refractivity contribution in [1.29, 1.82) is 0 Å². The number of carbonyl (C=O) groups is 2. The summed E-state index contributed by atoms with van der Waals surface area (Å²) in [4.78, 5) is 33.1. The zero-order valence-corrected chi connectivity index (χ0v) is 15.5. The number of methoxy groups -OCH3 is 1. The summed E-state index contributed by atoms with van der Waals surface area (Å²) >= 11 is 0. The first-order chi connectivity index (χ1) is 13.6. The molecule has 0 fully saturated rings. The molecule has 0 unspecified atom stereocenters. The summed E-state index contributed by atoms with van der Waals surface area (Å²) in [6, 6.07) is 16.1. The van der Waals surface area contributed by atoms with Gasteiger partial charge >= 0.3 is 5.97 Å². The molecule has 0 amide bonds. The Bertz CT molecular complexity index is 1190. The third kappa shape index (κ3) is 2.99. The molecule has 4 rings (SSSR count). The van der Waals surface area contributed by atoms with E-state index in [0.29, 0.717) is 16.8 Å². The maximum absolute atomic E-state index is 13.2. The number of nitrogens with one attached hydrogen (secondary N) is 1. The Kier molecular flexibility index (Phi) is 4.53. The Morgan fingerprint density at radius 2 is 1.79 bits per heavy atom. The minimum absolute atomic E-state index is 0.107. The van der Waals surface area contributed by atoms with Gasteiger partial charge in [-0.1, -0.05) is 18.2 Å². The first-order valence-electron chi connectivity index (χ1n) is 8.89. The minimum Gasteiger partial charge on any atom is -0.497 e. The number of ether oxygens (including phenoxy) is 2. The van der Waals surface area contributed by atoms with Crippen molar-refractivity contribution in [2.24, 2.45) is 0 Å². The largest absolute Gasteiger partial charge is 0.497 e. The highest BCUT2D eigenvalue weighted by Gasteiger charge is 2.21. The lowest BCUT2D eigenvalue weighted by molar-refractivity contribution is 0.0519. The van der Waals surface area contributed by atoms with Gasteiger partial charge in [-0.2, -0.15) is 0 Å². The number of para-hydroxylation sites is 1. The lowest BCUT2D eigenvalue weighted by atomic mass is 10.0. The highest BCUT2D eigenvalue weighted by Crippen LogP contribution is 2.29. The Balaban J connectivity index is 1.94. The molecule has 4 aromatic rings. The molecule has 6 heteroatoms. The van der Waals surface area contributed by atoms with Gasteiger partial charge in [0.15, 0.2) is 0 Å². The number of fused-ring (bicyclic) bond motifs is 3. The van der Waals surface area contributed by atoms with Crippen molar-refractivity contribution in [1.82, 2.24) is 9.97 Å². The van der Waals surface area contributed by atoms with Crippen LogP contribution in [0.3, 0.4) is 0 Å². The second-order valence-electron chi connectivity index (χ2n) is 6.23. The highest BCUT2D eigenvalue weighted by molar-refractivity contribution is 6.19. The first-order valence-corrected chi connectivity index (χ1v) is 8.89. The van der Waals surface area contributed by atoms with Crippen LogP contribution in [0, 0.1) is 0 Å². The zero-order chi connectivity index (χ0) is 19.7. The van der Waals surface area contributed by atoms with Crippen molar-refractivity contribution in [3.05, 3.63) is 71.5 Å². The number of rotatable bonds is 5. The van der Waals surface area contributed by atoms with E-state index in [-0.39, 0.29) is 23.8 Å². The topological polar surface area (TPSA) is 81.3 Å². The van der Waals surface area contributed by atoms with Gasteiger partial charge < -0.3 is 14.5 Å². The van der Waals surface area contributed by atoms with Gasteiger partial charge in [-0.25, -0.2) is 9.78 Å². The fraction of sp³-hybridized carbons (Fsp3) is 0.136. The number of hydrogen-bond acceptors (Lipinski definition) is 5. The van der Waals surface area contributed by atoms with E-state index < -0.39 is 5.97 Å². The number of esters is 1. The average Bonchev–Trinajstić information content (AvgIpc) is 3.11. The maximum Gasteiger partial charge on any atom is 0.356 e. The highest BCUT2D eigenvalue weighted by atomic mass is 16.5. The molecule has 2 heterocycles. The second kappa shape index (κ2) is 7.15. The Labute approximate surface area is 161 Å². The molecule has 0 atom stereocenters. The van der Waals surface area contributed by atoms with Gasteiger partial charge in [0.1, 0.15) is 17.1 Å². The zero-order valence-electron chi connectivity index (χ0n) is 15.5. The van der Waals surface area contributed by atoms with E-state index in [1.165, 1.54) is 0 Å². The number of ketones is 1. The van der Waals surface area contributed by atoms with Gasteiger partial charge in [0.05, 0.1) is 19.2 Å².